The van der Waals surface area contributed by atoms with Crippen molar-refractivity contribution in [3.63, 3.8) is 0 Å². The highest BCUT2D eigenvalue weighted by atomic mass is 19.1. The fourth-order valence-electron chi connectivity index (χ4n) is 2.36. The standard InChI is InChI=1S/C17H22FNO5/c1-17(2,16(21)22)9-15(20)19-13-8-11(18)5-6-14(13)24-10-12-4-3-7-23-12/h5-6,8,12H,3-4,7,9-10H2,1-2H3,(H,19,20)(H,21,22). The molecule has 2 N–H and O–H groups in total. The molecule has 0 aromatic heterocycles. The van der Waals surface area contributed by atoms with E-state index in [9.17, 15) is 14.0 Å². The van der Waals surface area contributed by atoms with Crippen LogP contribution in [0, 0.1) is 11.2 Å². The smallest absolute Gasteiger partial charge is 0.309 e. The second kappa shape index (κ2) is 7.61. The Bertz CT molecular complexity index is 611. The number of amides is 1. The summed E-state index contributed by atoms with van der Waals surface area (Å²) in [5.41, 5.74) is -1.03. The molecule has 0 radical (unpaired) electrons. The SMILES string of the molecule is CC(C)(CC(=O)Nc1cc(F)ccc1OCC1CCCO1)C(=O)O. The number of carboxylic acid groups (broad SMARTS) is 1. The minimum atomic E-state index is -1.21. The number of ether oxygens (including phenoxy) is 2. The van der Waals surface area contributed by atoms with Gasteiger partial charge in [0.05, 0.1) is 17.2 Å². The van der Waals surface area contributed by atoms with E-state index < -0.39 is 23.1 Å². The van der Waals surface area contributed by atoms with Crippen molar-refractivity contribution in [2.75, 3.05) is 18.5 Å². The van der Waals surface area contributed by atoms with E-state index in [-0.39, 0.29) is 18.2 Å². The fraction of sp³-hybridized carbons (Fsp3) is 0.529. The Hall–Kier alpha value is -2.15. The zero-order chi connectivity index (χ0) is 17.7. The summed E-state index contributed by atoms with van der Waals surface area (Å²) in [5.74, 6) is -1.79. The molecular weight excluding hydrogens is 317 g/mol. The van der Waals surface area contributed by atoms with Crippen molar-refractivity contribution in [3.8, 4) is 5.75 Å². The molecule has 0 saturated carbocycles. The second-order valence-corrected chi connectivity index (χ2v) is 6.50. The van der Waals surface area contributed by atoms with Gasteiger partial charge in [-0.05, 0) is 38.8 Å². The third-order valence-electron chi connectivity index (χ3n) is 3.85. The normalized spacial score (nSPS) is 17.5. The molecule has 1 heterocycles. The molecule has 1 aromatic rings. The molecule has 2 rings (SSSR count). The molecule has 1 unspecified atom stereocenters. The Balaban J connectivity index is 2.03. The van der Waals surface area contributed by atoms with Crippen molar-refractivity contribution in [2.24, 2.45) is 5.41 Å². The summed E-state index contributed by atoms with van der Waals surface area (Å²) in [5, 5.41) is 11.6. The zero-order valence-electron chi connectivity index (χ0n) is 13.8. The predicted octanol–water partition coefficient (Wildman–Crippen LogP) is 2.82. The molecule has 1 aliphatic rings. The quantitative estimate of drug-likeness (QED) is 0.798. The lowest BCUT2D eigenvalue weighted by Crippen LogP contribution is -2.29. The van der Waals surface area contributed by atoms with E-state index in [1.165, 1.54) is 26.0 Å². The third-order valence-corrected chi connectivity index (χ3v) is 3.85. The number of benzene rings is 1. The van der Waals surface area contributed by atoms with Gasteiger partial charge in [0.1, 0.15) is 18.2 Å². The van der Waals surface area contributed by atoms with Crippen molar-refractivity contribution < 1.29 is 28.6 Å². The van der Waals surface area contributed by atoms with Gasteiger partial charge in [-0.25, -0.2) is 4.39 Å². The van der Waals surface area contributed by atoms with Crippen LogP contribution in [0.25, 0.3) is 0 Å². The van der Waals surface area contributed by atoms with E-state index in [0.29, 0.717) is 19.0 Å². The Labute approximate surface area is 139 Å². The summed E-state index contributed by atoms with van der Waals surface area (Å²) in [6.07, 6.45) is 1.63. The second-order valence-electron chi connectivity index (χ2n) is 6.50. The lowest BCUT2D eigenvalue weighted by Gasteiger charge is -2.19. The van der Waals surface area contributed by atoms with Crippen LogP contribution in [0.1, 0.15) is 33.1 Å². The lowest BCUT2D eigenvalue weighted by atomic mass is 9.89. The first-order valence-corrected chi connectivity index (χ1v) is 7.85. The van der Waals surface area contributed by atoms with Crippen molar-refractivity contribution in [1.29, 1.82) is 0 Å². The van der Waals surface area contributed by atoms with Gasteiger partial charge >= 0.3 is 5.97 Å². The molecule has 1 aliphatic heterocycles. The highest BCUT2D eigenvalue weighted by Crippen LogP contribution is 2.28. The Morgan fingerprint density at radius 3 is 2.83 bits per heavy atom. The molecular formula is C17H22FNO5. The molecule has 24 heavy (non-hydrogen) atoms. The molecule has 6 nitrogen and oxygen atoms in total. The topological polar surface area (TPSA) is 84.9 Å². The van der Waals surface area contributed by atoms with E-state index in [1.807, 2.05) is 0 Å². The van der Waals surface area contributed by atoms with Gasteiger partial charge in [-0.3, -0.25) is 9.59 Å². The third kappa shape index (κ3) is 4.92. The van der Waals surface area contributed by atoms with E-state index in [2.05, 4.69) is 5.32 Å². The van der Waals surface area contributed by atoms with Gasteiger partial charge in [-0.2, -0.15) is 0 Å². The van der Waals surface area contributed by atoms with Gasteiger partial charge in [0.2, 0.25) is 5.91 Å². The summed E-state index contributed by atoms with van der Waals surface area (Å²) in [7, 11) is 0. The molecule has 1 fully saturated rings. The van der Waals surface area contributed by atoms with Crippen molar-refractivity contribution in [2.45, 2.75) is 39.2 Å². The van der Waals surface area contributed by atoms with Gasteiger partial charge in [-0.15, -0.1) is 0 Å². The van der Waals surface area contributed by atoms with Crippen LogP contribution < -0.4 is 10.1 Å². The van der Waals surface area contributed by atoms with Gasteiger partial charge in [-0.1, -0.05) is 0 Å². The van der Waals surface area contributed by atoms with E-state index in [1.54, 1.807) is 0 Å². The molecule has 0 bridgehead atoms. The van der Waals surface area contributed by atoms with Crippen LogP contribution in [0.2, 0.25) is 0 Å². The summed E-state index contributed by atoms with van der Waals surface area (Å²) >= 11 is 0. The number of halogens is 1. The van der Waals surface area contributed by atoms with Crippen LogP contribution in [-0.2, 0) is 14.3 Å². The zero-order valence-corrected chi connectivity index (χ0v) is 13.8. The van der Waals surface area contributed by atoms with Crippen LogP contribution >= 0.6 is 0 Å². The number of carbonyl (C=O) groups is 2. The highest BCUT2D eigenvalue weighted by Gasteiger charge is 2.30. The van der Waals surface area contributed by atoms with E-state index >= 15 is 0 Å². The average molecular weight is 339 g/mol. The minimum Gasteiger partial charge on any atom is -0.489 e. The van der Waals surface area contributed by atoms with Gasteiger partial charge < -0.3 is 19.9 Å². The first kappa shape index (κ1) is 18.2. The predicted molar refractivity (Wildman–Crippen MR) is 85.5 cm³/mol. The fourth-order valence-corrected chi connectivity index (χ4v) is 2.36. The summed E-state index contributed by atoms with van der Waals surface area (Å²) in [6.45, 7) is 3.92. The van der Waals surface area contributed by atoms with E-state index in [4.69, 9.17) is 14.6 Å². The van der Waals surface area contributed by atoms with Crippen LogP contribution in [-0.4, -0.2) is 36.3 Å². The molecule has 132 valence electrons. The maximum Gasteiger partial charge on any atom is 0.309 e. The summed E-state index contributed by atoms with van der Waals surface area (Å²) in [4.78, 5) is 23.2. The van der Waals surface area contributed by atoms with Gasteiger partial charge in [0.15, 0.2) is 0 Å². The van der Waals surface area contributed by atoms with Crippen molar-refractivity contribution in [3.05, 3.63) is 24.0 Å². The molecule has 7 heteroatoms. The van der Waals surface area contributed by atoms with Gasteiger partial charge in [0, 0.05) is 19.1 Å². The molecule has 1 aromatic carbocycles. The maximum atomic E-state index is 13.5. The summed E-state index contributed by atoms with van der Waals surface area (Å²) < 4.78 is 24.6. The van der Waals surface area contributed by atoms with Gasteiger partial charge in [0.25, 0.3) is 0 Å². The van der Waals surface area contributed by atoms with E-state index in [0.717, 1.165) is 18.9 Å². The molecule has 1 amide bonds. The minimum absolute atomic E-state index is 0.00968. The van der Waals surface area contributed by atoms with Crippen LogP contribution in [0.3, 0.4) is 0 Å². The average Bonchev–Trinajstić information content (AvgIpc) is 2.99. The number of nitrogens with one attached hydrogen (secondary N) is 1. The summed E-state index contributed by atoms with van der Waals surface area (Å²) in [6, 6.07) is 3.82. The van der Waals surface area contributed by atoms with Crippen molar-refractivity contribution in [1.82, 2.24) is 0 Å². The first-order valence-electron chi connectivity index (χ1n) is 7.85. The largest absolute Gasteiger partial charge is 0.489 e. The van der Waals surface area contributed by atoms with Crippen LogP contribution in [0.15, 0.2) is 18.2 Å². The molecule has 1 atom stereocenters. The van der Waals surface area contributed by atoms with Crippen molar-refractivity contribution >= 4 is 17.6 Å². The molecule has 0 spiro atoms. The Morgan fingerprint density at radius 2 is 2.21 bits per heavy atom. The van der Waals surface area contributed by atoms with Crippen LogP contribution in [0.4, 0.5) is 10.1 Å². The number of anilines is 1. The number of aliphatic carboxylic acids is 1. The number of hydrogen-bond donors (Lipinski definition) is 2. The molecule has 1 saturated heterocycles. The number of hydrogen-bond acceptors (Lipinski definition) is 4. The lowest BCUT2D eigenvalue weighted by molar-refractivity contribution is -0.148. The molecule has 0 aliphatic carbocycles. The first-order chi connectivity index (χ1) is 11.3. The number of carboxylic acids is 1. The van der Waals surface area contributed by atoms with Crippen LogP contribution in [0.5, 0.6) is 5.75 Å². The monoisotopic (exact) mass is 339 g/mol. The number of rotatable bonds is 7. The maximum absolute atomic E-state index is 13.5. The Morgan fingerprint density at radius 1 is 1.46 bits per heavy atom. The highest BCUT2D eigenvalue weighted by molar-refractivity contribution is 5.95. The number of carbonyl (C=O) groups excluding carboxylic acids is 1. The Kier molecular flexibility index (Phi) is 5.77.